The molecule has 6 rings (SSSR count). The fourth-order valence-electron chi connectivity index (χ4n) is 4.49. The molecule has 2 N–H and O–H groups in total. The summed E-state index contributed by atoms with van der Waals surface area (Å²) in [6.07, 6.45) is 13.5. The fourth-order valence-corrected chi connectivity index (χ4v) is 6.04. The first-order valence-electron chi connectivity index (χ1n) is 13.8. The fraction of sp³-hybridized carbons (Fsp3) is 0.241. The van der Waals surface area contributed by atoms with Crippen LogP contribution in [0.15, 0.2) is 73.1 Å². The zero-order chi connectivity index (χ0) is 29.6. The average molecular weight is 613 g/mol. The van der Waals surface area contributed by atoms with Crippen molar-refractivity contribution in [3.8, 4) is 5.69 Å². The van der Waals surface area contributed by atoms with E-state index < -0.39 is 0 Å². The first kappa shape index (κ1) is 28.3. The quantitative estimate of drug-likeness (QED) is 0.192. The molecule has 0 saturated carbocycles. The Hall–Kier alpha value is -4.82. The molecule has 12 nitrogen and oxygen atoms in total. The number of rotatable bonds is 11. The summed E-state index contributed by atoms with van der Waals surface area (Å²) in [5.41, 5.74) is 2.53. The van der Waals surface area contributed by atoms with Gasteiger partial charge >= 0.3 is 0 Å². The maximum absolute atomic E-state index is 12.9. The third-order valence-corrected chi connectivity index (χ3v) is 8.49. The third-order valence-electron chi connectivity index (χ3n) is 6.70. The lowest BCUT2D eigenvalue weighted by molar-refractivity contribution is 0.101. The molecule has 1 aromatic carbocycles. The van der Waals surface area contributed by atoms with Gasteiger partial charge in [0.15, 0.2) is 0 Å². The molecule has 1 unspecified atom stereocenters. The van der Waals surface area contributed by atoms with Gasteiger partial charge in [0.25, 0.3) is 11.8 Å². The molecule has 0 bridgehead atoms. The zero-order valence-electron chi connectivity index (χ0n) is 23.3. The SMILES string of the molecule is CC1C=CC(n2nccc2C(=O)Nc2nnc(CCCCc3nnc(NC(=O)c4ccnn4-c4ccccc4)s3)s2)=CC1. The van der Waals surface area contributed by atoms with Crippen LogP contribution in [0.5, 0.6) is 0 Å². The first-order valence-corrected chi connectivity index (χ1v) is 15.5. The van der Waals surface area contributed by atoms with Gasteiger partial charge < -0.3 is 0 Å². The minimum Gasteiger partial charge on any atom is -0.295 e. The van der Waals surface area contributed by atoms with E-state index in [1.54, 1.807) is 33.9 Å². The molecule has 2 amide bonds. The van der Waals surface area contributed by atoms with Gasteiger partial charge in [0, 0.05) is 12.8 Å². The van der Waals surface area contributed by atoms with Crippen molar-refractivity contribution < 1.29 is 9.59 Å². The van der Waals surface area contributed by atoms with Crippen molar-refractivity contribution in [3.63, 3.8) is 0 Å². The number of hydrogen-bond acceptors (Lipinski definition) is 10. The van der Waals surface area contributed by atoms with E-state index >= 15 is 0 Å². The van der Waals surface area contributed by atoms with Crippen LogP contribution in [0.2, 0.25) is 0 Å². The van der Waals surface area contributed by atoms with E-state index in [0.29, 0.717) is 27.6 Å². The Balaban J connectivity index is 0.962. The Morgan fingerprint density at radius 3 is 1.98 bits per heavy atom. The van der Waals surface area contributed by atoms with Gasteiger partial charge in [0.05, 0.1) is 23.8 Å². The molecule has 43 heavy (non-hydrogen) atoms. The molecule has 0 spiro atoms. The Morgan fingerprint density at radius 2 is 1.40 bits per heavy atom. The largest absolute Gasteiger partial charge is 0.295 e. The molecule has 5 aromatic rings. The lowest BCUT2D eigenvalue weighted by Crippen LogP contribution is -2.17. The molecule has 4 heterocycles. The summed E-state index contributed by atoms with van der Waals surface area (Å²) in [5, 5.41) is 33.6. The lowest BCUT2D eigenvalue weighted by Gasteiger charge is -2.13. The molecule has 1 aliphatic carbocycles. The number of amides is 2. The Labute approximate surface area is 255 Å². The Morgan fingerprint density at radius 1 is 0.814 bits per heavy atom. The summed E-state index contributed by atoms with van der Waals surface area (Å²) in [4.78, 5) is 25.8. The number of anilines is 2. The molecule has 0 fully saturated rings. The maximum Gasteiger partial charge on any atom is 0.276 e. The minimum absolute atomic E-state index is 0.281. The summed E-state index contributed by atoms with van der Waals surface area (Å²) in [6.45, 7) is 2.15. The second-order valence-electron chi connectivity index (χ2n) is 9.91. The predicted octanol–water partition coefficient (Wildman–Crippen LogP) is 5.28. The van der Waals surface area contributed by atoms with E-state index in [1.165, 1.54) is 22.7 Å². The molecule has 0 saturated heterocycles. The number of carbonyl (C=O) groups excluding carboxylic acids is 2. The number of benzene rings is 1. The van der Waals surface area contributed by atoms with Gasteiger partial charge in [-0.25, -0.2) is 9.36 Å². The Bertz CT molecular complexity index is 1780. The Kier molecular flexibility index (Phi) is 8.56. The van der Waals surface area contributed by atoms with E-state index in [2.05, 4.69) is 60.3 Å². The van der Waals surface area contributed by atoms with E-state index in [0.717, 1.165) is 53.5 Å². The number of para-hydroxylation sites is 1. The number of nitrogens with one attached hydrogen (secondary N) is 2. The van der Waals surface area contributed by atoms with Crippen molar-refractivity contribution in [1.29, 1.82) is 0 Å². The first-order chi connectivity index (χ1) is 21.0. The lowest BCUT2D eigenvalue weighted by atomic mass is 10.0. The van der Waals surface area contributed by atoms with Crippen LogP contribution < -0.4 is 10.6 Å². The van der Waals surface area contributed by atoms with Crippen molar-refractivity contribution >= 4 is 50.4 Å². The van der Waals surface area contributed by atoms with Gasteiger partial charge in [-0.05, 0) is 55.5 Å². The molecule has 1 atom stereocenters. The highest BCUT2D eigenvalue weighted by molar-refractivity contribution is 7.15. The second-order valence-corrected chi connectivity index (χ2v) is 12.0. The molecule has 218 valence electrons. The maximum atomic E-state index is 12.9. The van der Waals surface area contributed by atoms with Gasteiger partial charge in [-0.15, -0.1) is 20.4 Å². The number of carbonyl (C=O) groups is 2. The normalized spacial score (nSPS) is 14.4. The van der Waals surface area contributed by atoms with Crippen LogP contribution in [0.3, 0.4) is 0 Å². The predicted molar refractivity (Wildman–Crippen MR) is 165 cm³/mol. The number of hydrogen-bond donors (Lipinski definition) is 2. The van der Waals surface area contributed by atoms with Crippen molar-refractivity contribution in [2.75, 3.05) is 10.6 Å². The van der Waals surface area contributed by atoms with Crippen molar-refractivity contribution in [2.24, 2.45) is 5.92 Å². The number of allylic oxidation sites excluding steroid dienone is 4. The van der Waals surface area contributed by atoms with Crippen LogP contribution in [-0.4, -0.2) is 51.8 Å². The van der Waals surface area contributed by atoms with Gasteiger partial charge in [-0.3, -0.25) is 20.2 Å². The van der Waals surface area contributed by atoms with Crippen LogP contribution >= 0.6 is 22.7 Å². The molecule has 4 aromatic heterocycles. The van der Waals surface area contributed by atoms with Crippen LogP contribution in [0.25, 0.3) is 11.4 Å². The molecular formula is C29H28N10O2S2. The average Bonchev–Trinajstić information content (AvgIpc) is 3.84. The number of aryl methyl sites for hydroxylation is 2. The standard InChI is InChI=1S/C29H28N10O2S2/c1-19-11-13-21(14-12-19)39-23(16-18-31-39)27(41)33-29-37-35-25(43-29)10-6-5-9-24-34-36-28(42-24)32-26(40)22-15-17-30-38(22)20-7-3-2-4-8-20/h2-4,7-8,11,13-19H,5-6,9-10,12H2,1H3,(H,32,36,40)(H,33,37,41). The van der Waals surface area contributed by atoms with Crippen LogP contribution in [0.4, 0.5) is 10.3 Å². The summed E-state index contributed by atoms with van der Waals surface area (Å²) < 4.78 is 3.23. The van der Waals surface area contributed by atoms with Gasteiger partial charge in [0.2, 0.25) is 10.3 Å². The molecule has 14 heteroatoms. The van der Waals surface area contributed by atoms with Crippen molar-refractivity contribution in [2.45, 2.75) is 39.0 Å². The van der Waals surface area contributed by atoms with Crippen LogP contribution in [0, 0.1) is 5.92 Å². The summed E-state index contributed by atoms with van der Waals surface area (Å²) in [6, 6.07) is 12.8. The third kappa shape index (κ3) is 6.81. The van der Waals surface area contributed by atoms with Crippen molar-refractivity contribution in [1.82, 2.24) is 40.0 Å². The second kappa shape index (κ2) is 13.0. The smallest absolute Gasteiger partial charge is 0.276 e. The number of unbranched alkanes of at least 4 members (excludes halogenated alkanes) is 1. The highest BCUT2D eigenvalue weighted by Gasteiger charge is 2.18. The monoisotopic (exact) mass is 612 g/mol. The van der Waals surface area contributed by atoms with Crippen molar-refractivity contribution in [3.05, 3.63) is 94.5 Å². The summed E-state index contributed by atoms with van der Waals surface area (Å²) in [5.74, 6) is -0.107. The zero-order valence-corrected chi connectivity index (χ0v) is 24.9. The summed E-state index contributed by atoms with van der Waals surface area (Å²) >= 11 is 2.72. The van der Waals surface area contributed by atoms with E-state index in [-0.39, 0.29) is 11.8 Å². The van der Waals surface area contributed by atoms with E-state index in [1.807, 2.05) is 36.4 Å². The molecule has 0 aliphatic heterocycles. The highest BCUT2D eigenvalue weighted by atomic mass is 32.1. The number of aromatic nitrogens is 8. The van der Waals surface area contributed by atoms with Gasteiger partial charge in [-0.1, -0.05) is 59.9 Å². The molecule has 1 aliphatic rings. The van der Waals surface area contributed by atoms with Gasteiger partial charge in [-0.2, -0.15) is 10.2 Å². The highest BCUT2D eigenvalue weighted by Crippen LogP contribution is 2.23. The van der Waals surface area contributed by atoms with Crippen LogP contribution in [0.1, 0.15) is 57.2 Å². The van der Waals surface area contributed by atoms with Gasteiger partial charge in [0.1, 0.15) is 21.4 Å². The topological polar surface area (TPSA) is 145 Å². The minimum atomic E-state index is -0.301. The molecular weight excluding hydrogens is 585 g/mol. The summed E-state index contributed by atoms with van der Waals surface area (Å²) in [7, 11) is 0. The van der Waals surface area contributed by atoms with Crippen LogP contribution in [-0.2, 0) is 12.8 Å². The van der Waals surface area contributed by atoms with E-state index in [9.17, 15) is 9.59 Å². The number of nitrogens with zero attached hydrogens (tertiary/aromatic N) is 8. The van der Waals surface area contributed by atoms with E-state index in [4.69, 9.17) is 0 Å². The molecule has 0 radical (unpaired) electrons.